The largest absolute Gasteiger partial charge is 0.453 e. The van der Waals surface area contributed by atoms with Gasteiger partial charge in [-0.15, -0.1) is 0 Å². The third-order valence-corrected chi connectivity index (χ3v) is 5.13. The average Bonchev–Trinajstić information content (AvgIpc) is 3.36. The van der Waals surface area contributed by atoms with Crippen LogP contribution in [0.25, 0.3) is 11.2 Å². The van der Waals surface area contributed by atoms with Crippen LogP contribution in [0.15, 0.2) is 36.9 Å². The van der Waals surface area contributed by atoms with E-state index >= 15 is 0 Å². The van der Waals surface area contributed by atoms with E-state index in [9.17, 15) is 20.1 Å². The van der Waals surface area contributed by atoms with Crippen molar-refractivity contribution < 1.29 is 24.9 Å². The number of aromatic nitrogens is 4. The molecule has 10 nitrogen and oxygen atoms in total. The van der Waals surface area contributed by atoms with Gasteiger partial charge in [0.05, 0.1) is 31.7 Å². The zero-order valence-electron chi connectivity index (χ0n) is 16.1. The van der Waals surface area contributed by atoms with Crippen molar-refractivity contribution in [3.8, 4) is 0 Å². The SMILES string of the molecule is COC(=O)Nc1ncnc2nc[nH]c12.OC1CCC(C(O)c2ccc(Cl)cc2)C1O. The van der Waals surface area contributed by atoms with Gasteiger partial charge in [0.2, 0.25) is 0 Å². The maximum atomic E-state index is 10.9. The van der Waals surface area contributed by atoms with Crippen molar-refractivity contribution >= 4 is 34.7 Å². The molecule has 4 rings (SSSR count). The molecule has 2 heterocycles. The lowest BCUT2D eigenvalue weighted by atomic mass is 9.92. The van der Waals surface area contributed by atoms with Gasteiger partial charge in [0.25, 0.3) is 0 Å². The van der Waals surface area contributed by atoms with Crippen LogP contribution < -0.4 is 5.32 Å². The number of carbonyl (C=O) groups is 1. The smallest absolute Gasteiger partial charge is 0.412 e. The fraction of sp³-hybridized carbons (Fsp3) is 0.368. The number of benzene rings is 1. The Morgan fingerprint density at radius 2 is 1.97 bits per heavy atom. The number of rotatable bonds is 3. The minimum atomic E-state index is -0.842. The lowest BCUT2D eigenvalue weighted by Gasteiger charge is -2.22. The molecule has 5 N–H and O–H groups in total. The number of hydrogen-bond acceptors (Lipinski definition) is 8. The van der Waals surface area contributed by atoms with Gasteiger partial charge >= 0.3 is 6.09 Å². The molecule has 0 spiro atoms. The highest BCUT2D eigenvalue weighted by Crippen LogP contribution is 2.36. The maximum absolute atomic E-state index is 10.9. The number of ether oxygens (including phenoxy) is 1. The first-order valence-electron chi connectivity index (χ1n) is 9.19. The number of nitrogens with one attached hydrogen (secondary N) is 2. The molecule has 11 heteroatoms. The summed E-state index contributed by atoms with van der Waals surface area (Å²) in [6, 6.07) is 6.89. The van der Waals surface area contributed by atoms with Crippen molar-refractivity contribution in [3.63, 3.8) is 0 Å². The number of aliphatic hydroxyl groups is 3. The van der Waals surface area contributed by atoms with Gasteiger partial charge in [-0.25, -0.2) is 19.7 Å². The van der Waals surface area contributed by atoms with Gasteiger partial charge in [0.15, 0.2) is 11.5 Å². The first-order valence-corrected chi connectivity index (χ1v) is 9.57. The highest BCUT2D eigenvalue weighted by molar-refractivity contribution is 6.30. The molecule has 4 atom stereocenters. The van der Waals surface area contributed by atoms with Crippen LogP contribution in [-0.4, -0.2) is 60.7 Å². The molecular formula is C19H22ClN5O5. The normalized spacial score (nSPS) is 21.6. The van der Waals surface area contributed by atoms with Crippen LogP contribution in [0.3, 0.4) is 0 Å². The molecule has 1 aromatic carbocycles. The summed E-state index contributed by atoms with van der Waals surface area (Å²) in [5.74, 6) is 0.0514. The quantitative estimate of drug-likeness (QED) is 0.418. The summed E-state index contributed by atoms with van der Waals surface area (Å²) in [5.41, 5.74) is 1.78. The summed E-state index contributed by atoms with van der Waals surface area (Å²) in [4.78, 5) is 25.4. The second kappa shape index (κ2) is 9.81. The second-order valence-electron chi connectivity index (χ2n) is 6.74. The Balaban J connectivity index is 0.000000172. The van der Waals surface area contributed by atoms with Crippen molar-refractivity contribution in [1.29, 1.82) is 0 Å². The van der Waals surface area contributed by atoms with Crippen LogP contribution in [0.4, 0.5) is 10.6 Å². The molecular weight excluding hydrogens is 414 g/mol. The molecule has 4 unspecified atom stereocenters. The number of carbonyl (C=O) groups excluding carboxylic acids is 1. The van der Waals surface area contributed by atoms with Crippen LogP contribution in [0.5, 0.6) is 0 Å². The lowest BCUT2D eigenvalue weighted by Crippen LogP contribution is -2.28. The number of halogens is 1. The highest BCUT2D eigenvalue weighted by atomic mass is 35.5. The summed E-state index contributed by atoms with van der Waals surface area (Å²) in [6.45, 7) is 0. The van der Waals surface area contributed by atoms with Crippen molar-refractivity contribution in [1.82, 2.24) is 19.9 Å². The predicted molar refractivity (Wildman–Crippen MR) is 109 cm³/mol. The average molecular weight is 436 g/mol. The number of methoxy groups -OCH3 is 1. The van der Waals surface area contributed by atoms with E-state index in [0.29, 0.717) is 34.8 Å². The summed E-state index contributed by atoms with van der Waals surface area (Å²) in [6.07, 6.45) is 1.07. The second-order valence-corrected chi connectivity index (χ2v) is 7.17. The van der Waals surface area contributed by atoms with E-state index in [-0.39, 0.29) is 5.92 Å². The molecule has 2 aromatic heterocycles. The molecule has 160 valence electrons. The number of H-pyrrole nitrogens is 1. The Labute approximate surface area is 176 Å². The Kier molecular flexibility index (Phi) is 7.16. The zero-order chi connectivity index (χ0) is 21.7. The zero-order valence-corrected chi connectivity index (χ0v) is 16.8. The monoisotopic (exact) mass is 435 g/mol. The lowest BCUT2D eigenvalue weighted by molar-refractivity contribution is -0.0210. The van der Waals surface area contributed by atoms with Crippen molar-refractivity contribution in [2.75, 3.05) is 12.4 Å². The number of nitrogens with zero attached hydrogens (tertiary/aromatic N) is 3. The predicted octanol–water partition coefficient (Wildman–Crippen LogP) is 2.04. The highest BCUT2D eigenvalue weighted by Gasteiger charge is 2.38. The summed E-state index contributed by atoms with van der Waals surface area (Å²) in [5, 5.41) is 32.3. The van der Waals surface area contributed by atoms with E-state index in [4.69, 9.17) is 11.6 Å². The minimum absolute atomic E-state index is 0.295. The number of amides is 1. The van der Waals surface area contributed by atoms with Gasteiger partial charge in [0, 0.05) is 10.9 Å². The Bertz CT molecular complexity index is 983. The summed E-state index contributed by atoms with van der Waals surface area (Å²) >= 11 is 5.76. The standard InChI is InChI=1S/C12H15ClO3.C7H7N5O2/c13-8-3-1-7(2-4-8)11(15)9-5-6-10(14)12(9)16;1-14-7(13)12-6-4-5(9-2-8-4)10-3-11-6/h1-4,9-12,14-16H,5-6H2;2-3H,1H3,(H2,8,9,10,11,12,13). The summed E-state index contributed by atoms with van der Waals surface area (Å²) in [7, 11) is 1.28. The Morgan fingerprint density at radius 3 is 2.60 bits per heavy atom. The molecule has 0 bridgehead atoms. The van der Waals surface area contributed by atoms with Gasteiger partial charge in [-0.3, -0.25) is 5.32 Å². The van der Waals surface area contributed by atoms with Gasteiger partial charge < -0.3 is 25.0 Å². The van der Waals surface area contributed by atoms with Crippen LogP contribution >= 0.6 is 11.6 Å². The molecule has 1 amide bonds. The molecule has 30 heavy (non-hydrogen) atoms. The fourth-order valence-corrected chi connectivity index (χ4v) is 3.38. The van der Waals surface area contributed by atoms with Crippen molar-refractivity contribution in [3.05, 3.63) is 47.5 Å². The first-order chi connectivity index (χ1) is 14.4. The molecule has 1 aliphatic carbocycles. The van der Waals surface area contributed by atoms with Crippen LogP contribution in [-0.2, 0) is 4.74 Å². The molecule has 3 aromatic rings. The molecule has 1 saturated carbocycles. The number of anilines is 1. The molecule has 0 saturated heterocycles. The van der Waals surface area contributed by atoms with E-state index in [2.05, 4.69) is 30.0 Å². The molecule has 0 aliphatic heterocycles. The van der Waals surface area contributed by atoms with E-state index in [1.54, 1.807) is 24.3 Å². The number of aliphatic hydroxyl groups excluding tert-OH is 3. The van der Waals surface area contributed by atoms with Gasteiger partial charge in [-0.1, -0.05) is 23.7 Å². The van der Waals surface area contributed by atoms with Crippen molar-refractivity contribution in [2.45, 2.75) is 31.2 Å². The van der Waals surface area contributed by atoms with Gasteiger partial charge in [-0.2, -0.15) is 0 Å². The Morgan fingerprint density at radius 1 is 1.23 bits per heavy atom. The molecule has 1 fully saturated rings. The first kappa shape index (κ1) is 21.9. The number of fused-ring (bicyclic) bond motifs is 1. The maximum Gasteiger partial charge on any atom is 0.412 e. The number of imidazole rings is 1. The third-order valence-electron chi connectivity index (χ3n) is 4.87. The van der Waals surface area contributed by atoms with E-state index in [1.165, 1.54) is 19.8 Å². The molecule has 1 aliphatic rings. The van der Waals surface area contributed by atoms with E-state index in [0.717, 1.165) is 5.56 Å². The fourth-order valence-electron chi connectivity index (χ4n) is 3.25. The van der Waals surface area contributed by atoms with E-state index < -0.39 is 24.4 Å². The van der Waals surface area contributed by atoms with Gasteiger partial charge in [-0.05, 0) is 30.5 Å². The topological polar surface area (TPSA) is 153 Å². The van der Waals surface area contributed by atoms with Crippen molar-refractivity contribution in [2.24, 2.45) is 5.92 Å². The van der Waals surface area contributed by atoms with Crippen LogP contribution in [0, 0.1) is 5.92 Å². The van der Waals surface area contributed by atoms with E-state index in [1.807, 2.05) is 0 Å². The Hall–Kier alpha value is -2.79. The van der Waals surface area contributed by atoms with Crippen LogP contribution in [0.1, 0.15) is 24.5 Å². The molecule has 0 radical (unpaired) electrons. The summed E-state index contributed by atoms with van der Waals surface area (Å²) < 4.78 is 4.43. The third kappa shape index (κ3) is 5.03. The number of aromatic amines is 1. The minimum Gasteiger partial charge on any atom is -0.453 e. The van der Waals surface area contributed by atoms with Gasteiger partial charge in [0.1, 0.15) is 11.8 Å². The number of hydrogen-bond donors (Lipinski definition) is 5. The van der Waals surface area contributed by atoms with Crippen LogP contribution in [0.2, 0.25) is 5.02 Å².